The largest absolute Gasteiger partial charge is 0.481 e. The summed E-state index contributed by atoms with van der Waals surface area (Å²) in [5.41, 5.74) is 0. The Morgan fingerprint density at radius 2 is 2.44 bits per heavy atom. The molecule has 1 fully saturated rings. The van der Waals surface area contributed by atoms with E-state index in [0.717, 1.165) is 19.5 Å². The number of carbonyl (C=O) groups is 1. The Morgan fingerprint density at radius 3 is 3.06 bits per heavy atom. The van der Waals surface area contributed by atoms with Crippen LogP contribution in [0.1, 0.15) is 24.6 Å². The number of rotatable bonds is 4. The number of hydrogen-bond donors (Lipinski definition) is 1. The first kappa shape index (κ1) is 11.1. The normalized spacial score (nSPS) is 21.4. The van der Waals surface area contributed by atoms with Crippen molar-refractivity contribution in [2.75, 3.05) is 13.1 Å². The van der Waals surface area contributed by atoms with Gasteiger partial charge in [-0.25, -0.2) is 0 Å². The second kappa shape index (κ2) is 4.61. The fourth-order valence-electron chi connectivity index (χ4n) is 2.06. The van der Waals surface area contributed by atoms with Crippen molar-refractivity contribution >= 4 is 5.97 Å². The maximum absolute atomic E-state index is 10.6. The van der Waals surface area contributed by atoms with Crippen LogP contribution in [-0.4, -0.2) is 39.3 Å². The molecule has 0 amide bonds. The van der Waals surface area contributed by atoms with Crippen molar-refractivity contribution < 1.29 is 14.3 Å². The van der Waals surface area contributed by atoms with Gasteiger partial charge in [-0.1, -0.05) is 0 Å². The summed E-state index contributed by atoms with van der Waals surface area (Å²) in [4.78, 5) is 12.7. The minimum atomic E-state index is -0.722. The van der Waals surface area contributed by atoms with Crippen LogP contribution in [0, 0.1) is 12.8 Å². The van der Waals surface area contributed by atoms with E-state index < -0.39 is 5.97 Å². The first-order valence-electron chi connectivity index (χ1n) is 5.36. The molecule has 0 saturated carbocycles. The lowest BCUT2D eigenvalue weighted by atomic mass is 10.1. The number of hydrogen-bond acceptors (Lipinski definition) is 5. The van der Waals surface area contributed by atoms with Crippen molar-refractivity contribution in [3.05, 3.63) is 11.8 Å². The molecule has 0 bridgehead atoms. The van der Waals surface area contributed by atoms with E-state index in [9.17, 15) is 4.79 Å². The van der Waals surface area contributed by atoms with Crippen LogP contribution in [0.2, 0.25) is 0 Å². The second-order valence-corrected chi connectivity index (χ2v) is 4.20. The molecule has 2 rings (SSSR count). The minimum absolute atomic E-state index is 0.249. The molecule has 88 valence electrons. The molecule has 6 heteroatoms. The molecule has 1 atom stereocenters. The van der Waals surface area contributed by atoms with Crippen LogP contribution in [0.15, 0.2) is 4.42 Å². The van der Waals surface area contributed by atoms with Gasteiger partial charge < -0.3 is 9.52 Å². The molecule has 0 spiro atoms. The summed E-state index contributed by atoms with van der Waals surface area (Å²) in [5, 5.41) is 16.4. The van der Waals surface area contributed by atoms with Crippen molar-refractivity contribution in [1.82, 2.24) is 15.1 Å². The summed E-state index contributed by atoms with van der Waals surface area (Å²) >= 11 is 0. The van der Waals surface area contributed by atoms with Gasteiger partial charge in [-0.2, -0.15) is 0 Å². The summed E-state index contributed by atoms with van der Waals surface area (Å²) in [5.74, 6) is 0.701. The third-order valence-corrected chi connectivity index (χ3v) is 2.76. The van der Waals surface area contributed by atoms with Crippen LogP contribution in [0.25, 0.3) is 0 Å². The molecule has 16 heavy (non-hydrogen) atoms. The molecule has 1 unspecified atom stereocenters. The molecule has 1 aliphatic heterocycles. The van der Waals surface area contributed by atoms with Crippen molar-refractivity contribution in [3.8, 4) is 0 Å². The van der Waals surface area contributed by atoms with Gasteiger partial charge in [-0.15, -0.1) is 10.2 Å². The molecular weight excluding hydrogens is 210 g/mol. The van der Waals surface area contributed by atoms with Crippen LogP contribution in [0.5, 0.6) is 0 Å². The topological polar surface area (TPSA) is 79.5 Å². The Balaban J connectivity index is 1.82. The SMILES string of the molecule is Cc1nnc(CN2CCC(CC(=O)O)C2)o1. The molecule has 1 saturated heterocycles. The first-order valence-corrected chi connectivity index (χ1v) is 5.36. The maximum atomic E-state index is 10.6. The van der Waals surface area contributed by atoms with Crippen LogP contribution in [-0.2, 0) is 11.3 Å². The Labute approximate surface area is 93.3 Å². The van der Waals surface area contributed by atoms with E-state index in [1.54, 1.807) is 6.92 Å². The fraction of sp³-hybridized carbons (Fsp3) is 0.700. The summed E-state index contributed by atoms with van der Waals surface area (Å²) in [6, 6.07) is 0. The van der Waals surface area contributed by atoms with E-state index in [0.29, 0.717) is 18.3 Å². The van der Waals surface area contributed by atoms with Crippen LogP contribution < -0.4 is 0 Å². The average Bonchev–Trinajstić information content (AvgIpc) is 2.76. The van der Waals surface area contributed by atoms with E-state index in [2.05, 4.69) is 15.1 Å². The molecule has 1 aliphatic rings. The number of aliphatic carboxylic acids is 1. The van der Waals surface area contributed by atoms with Gasteiger partial charge in [0.25, 0.3) is 0 Å². The van der Waals surface area contributed by atoms with Gasteiger partial charge in [-0.3, -0.25) is 9.69 Å². The lowest BCUT2D eigenvalue weighted by molar-refractivity contribution is -0.138. The van der Waals surface area contributed by atoms with Crippen LogP contribution in [0.3, 0.4) is 0 Å². The number of likely N-dealkylation sites (tertiary alicyclic amines) is 1. The smallest absolute Gasteiger partial charge is 0.303 e. The molecular formula is C10H15N3O3. The molecule has 1 aromatic rings. The highest BCUT2D eigenvalue weighted by Gasteiger charge is 2.25. The number of carboxylic acid groups (broad SMARTS) is 1. The molecule has 2 heterocycles. The van der Waals surface area contributed by atoms with Gasteiger partial charge in [0.1, 0.15) is 0 Å². The van der Waals surface area contributed by atoms with Crippen molar-refractivity contribution in [2.45, 2.75) is 26.3 Å². The Morgan fingerprint density at radius 1 is 1.62 bits per heavy atom. The highest BCUT2D eigenvalue weighted by atomic mass is 16.4. The summed E-state index contributed by atoms with van der Waals surface area (Å²) < 4.78 is 5.28. The number of aromatic nitrogens is 2. The predicted molar refractivity (Wildman–Crippen MR) is 54.7 cm³/mol. The lowest BCUT2D eigenvalue weighted by Gasteiger charge is -2.12. The monoisotopic (exact) mass is 225 g/mol. The van der Waals surface area contributed by atoms with Gasteiger partial charge in [-0.05, 0) is 18.9 Å². The molecule has 0 aromatic carbocycles. The van der Waals surface area contributed by atoms with E-state index in [4.69, 9.17) is 9.52 Å². The van der Waals surface area contributed by atoms with E-state index in [1.165, 1.54) is 0 Å². The number of carboxylic acids is 1. The fourth-order valence-corrected chi connectivity index (χ4v) is 2.06. The third kappa shape index (κ3) is 2.79. The van der Waals surface area contributed by atoms with E-state index >= 15 is 0 Å². The summed E-state index contributed by atoms with van der Waals surface area (Å²) in [6.45, 7) is 4.08. The number of aryl methyl sites for hydroxylation is 1. The zero-order valence-electron chi connectivity index (χ0n) is 9.22. The maximum Gasteiger partial charge on any atom is 0.303 e. The highest BCUT2D eigenvalue weighted by Crippen LogP contribution is 2.20. The zero-order chi connectivity index (χ0) is 11.5. The molecule has 0 radical (unpaired) electrons. The number of nitrogens with zero attached hydrogens (tertiary/aromatic N) is 3. The van der Waals surface area contributed by atoms with Crippen molar-refractivity contribution in [3.63, 3.8) is 0 Å². The van der Waals surface area contributed by atoms with Gasteiger partial charge in [0.2, 0.25) is 11.8 Å². The Kier molecular flexibility index (Phi) is 3.19. The van der Waals surface area contributed by atoms with Crippen molar-refractivity contribution in [1.29, 1.82) is 0 Å². The molecule has 1 N–H and O–H groups in total. The van der Waals surface area contributed by atoms with Gasteiger partial charge in [0.15, 0.2) is 0 Å². The van der Waals surface area contributed by atoms with E-state index in [1.807, 2.05) is 0 Å². The van der Waals surface area contributed by atoms with Crippen molar-refractivity contribution in [2.24, 2.45) is 5.92 Å². The minimum Gasteiger partial charge on any atom is -0.481 e. The van der Waals surface area contributed by atoms with Crippen LogP contribution in [0.4, 0.5) is 0 Å². The van der Waals surface area contributed by atoms with Gasteiger partial charge >= 0.3 is 5.97 Å². The third-order valence-electron chi connectivity index (χ3n) is 2.76. The second-order valence-electron chi connectivity index (χ2n) is 4.20. The van der Waals surface area contributed by atoms with E-state index in [-0.39, 0.29) is 12.3 Å². The molecule has 1 aromatic heterocycles. The first-order chi connectivity index (χ1) is 7.63. The van der Waals surface area contributed by atoms with Crippen LogP contribution >= 0.6 is 0 Å². The van der Waals surface area contributed by atoms with Gasteiger partial charge in [0.05, 0.1) is 6.54 Å². The summed E-state index contributed by atoms with van der Waals surface area (Å²) in [6.07, 6.45) is 1.18. The Bertz CT molecular complexity index is 377. The molecule has 0 aliphatic carbocycles. The molecule has 6 nitrogen and oxygen atoms in total. The predicted octanol–water partition coefficient (Wildman–Crippen LogP) is 0.675. The quantitative estimate of drug-likeness (QED) is 0.811. The average molecular weight is 225 g/mol. The summed E-state index contributed by atoms with van der Waals surface area (Å²) in [7, 11) is 0. The zero-order valence-corrected chi connectivity index (χ0v) is 9.22. The lowest BCUT2D eigenvalue weighted by Crippen LogP contribution is -2.21. The highest BCUT2D eigenvalue weighted by molar-refractivity contribution is 5.67. The standard InChI is InChI=1S/C10H15N3O3/c1-7-11-12-9(16-7)6-13-3-2-8(5-13)4-10(14)15/h8H,2-6H2,1H3,(H,14,15). The van der Waals surface area contributed by atoms with Gasteiger partial charge in [0, 0.05) is 19.9 Å². The Hall–Kier alpha value is -1.43.